The predicted molar refractivity (Wildman–Crippen MR) is 61.4 cm³/mol. The summed E-state index contributed by atoms with van der Waals surface area (Å²) in [7, 11) is 0. The fourth-order valence-electron chi connectivity index (χ4n) is 1.99. The maximum Gasteiger partial charge on any atom is 0.287 e. The Hall–Kier alpha value is -1.78. The van der Waals surface area contributed by atoms with E-state index in [0.29, 0.717) is 13.0 Å². The molecule has 0 aromatic carbocycles. The van der Waals surface area contributed by atoms with Gasteiger partial charge in [0.25, 0.3) is 5.91 Å². The summed E-state index contributed by atoms with van der Waals surface area (Å²) in [5.74, 6) is 0.101. The van der Waals surface area contributed by atoms with Crippen LogP contribution >= 0.6 is 0 Å². The first-order chi connectivity index (χ1) is 8.08. The van der Waals surface area contributed by atoms with E-state index in [-0.39, 0.29) is 29.7 Å². The summed E-state index contributed by atoms with van der Waals surface area (Å²) in [6, 6.07) is 3.32. The number of nitrogens with zero attached hydrogens (tertiary/aromatic N) is 1. The summed E-state index contributed by atoms with van der Waals surface area (Å²) in [4.78, 5) is 25.1. The molecule has 0 saturated carbocycles. The van der Waals surface area contributed by atoms with Gasteiger partial charge in [-0.05, 0) is 26.0 Å². The molecule has 2 heterocycles. The minimum Gasteiger partial charge on any atom is -0.459 e. The highest BCUT2D eigenvalue weighted by Gasteiger charge is 2.32. The second-order valence-electron chi connectivity index (χ2n) is 4.49. The van der Waals surface area contributed by atoms with Crippen molar-refractivity contribution in [3.05, 3.63) is 24.2 Å². The Bertz CT molecular complexity index is 411. The van der Waals surface area contributed by atoms with Crippen LogP contribution in [0.1, 0.15) is 30.8 Å². The Balaban J connectivity index is 1.94. The van der Waals surface area contributed by atoms with Crippen LogP contribution in [-0.2, 0) is 4.79 Å². The molecule has 1 fully saturated rings. The molecule has 1 unspecified atom stereocenters. The molecule has 2 rings (SSSR count). The smallest absolute Gasteiger partial charge is 0.287 e. The summed E-state index contributed by atoms with van der Waals surface area (Å²) in [6.45, 7) is 4.51. The Labute approximate surface area is 99.8 Å². The number of hydrogen-bond acceptors (Lipinski definition) is 3. The van der Waals surface area contributed by atoms with E-state index in [0.717, 1.165) is 0 Å². The van der Waals surface area contributed by atoms with E-state index in [1.54, 1.807) is 17.0 Å². The lowest BCUT2D eigenvalue weighted by Gasteiger charge is -2.20. The van der Waals surface area contributed by atoms with Crippen LogP contribution in [0.3, 0.4) is 0 Å². The van der Waals surface area contributed by atoms with E-state index >= 15 is 0 Å². The molecule has 1 aliphatic heterocycles. The molecule has 0 bridgehead atoms. The molecular formula is C12H16N2O3. The normalized spacial score (nSPS) is 20.1. The van der Waals surface area contributed by atoms with Crippen LogP contribution in [0.5, 0.6) is 0 Å². The Morgan fingerprint density at radius 2 is 2.35 bits per heavy atom. The van der Waals surface area contributed by atoms with Crippen LogP contribution in [0.2, 0.25) is 0 Å². The zero-order chi connectivity index (χ0) is 12.4. The monoisotopic (exact) mass is 236 g/mol. The number of carbonyl (C=O) groups is 2. The minimum absolute atomic E-state index is 0.0877. The molecule has 1 atom stereocenters. The molecule has 1 saturated heterocycles. The van der Waals surface area contributed by atoms with E-state index in [1.807, 2.05) is 13.8 Å². The van der Waals surface area contributed by atoms with Gasteiger partial charge in [-0.25, -0.2) is 0 Å². The summed E-state index contributed by atoms with van der Waals surface area (Å²) < 4.78 is 5.00. The number of hydrogen-bond donors (Lipinski definition) is 1. The molecular weight excluding hydrogens is 220 g/mol. The van der Waals surface area contributed by atoms with Gasteiger partial charge in [-0.2, -0.15) is 0 Å². The van der Waals surface area contributed by atoms with Gasteiger partial charge in [0.15, 0.2) is 5.76 Å². The second-order valence-corrected chi connectivity index (χ2v) is 4.49. The van der Waals surface area contributed by atoms with Crippen molar-refractivity contribution in [1.29, 1.82) is 0 Å². The van der Waals surface area contributed by atoms with Crippen LogP contribution in [0, 0.1) is 0 Å². The Morgan fingerprint density at radius 3 is 2.88 bits per heavy atom. The van der Waals surface area contributed by atoms with Crippen molar-refractivity contribution in [2.45, 2.75) is 32.4 Å². The van der Waals surface area contributed by atoms with E-state index in [9.17, 15) is 9.59 Å². The first-order valence-corrected chi connectivity index (χ1v) is 5.71. The molecule has 0 spiro atoms. The second kappa shape index (κ2) is 4.61. The number of nitrogens with one attached hydrogen (secondary N) is 1. The number of likely N-dealkylation sites (tertiary alicyclic amines) is 1. The number of carbonyl (C=O) groups excluding carboxylic acids is 2. The number of furan rings is 1. The third kappa shape index (κ3) is 2.49. The van der Waals surface area contributed by atoms with Crippen molar-refractivity contribution in [2.75, 3.05) is 6.54 Å². The van der Waals surface area contributed by atoms with Gasteiger partial charge in [0, 0.05) is 19.0 Å². The van der Waals surface area contributed by atoms with Crippen molar-refractivity contribution >= 4 is 11.8 Å². The quantitative estimate of drug-likeness (QED) is 0.852. The summed E-state index contributed by atoms with van der Waals surface area (Å²) in [6.07, 6.45) is 1.82. The lowest BCUT2D eigenvalue weighted by atomic mass is 10.2. The third-order valence-corrected chi connectivity index (χ3v) is 2.86. The van der Waals surface area contributed by atoms with Crippen molar-refractivity contribution in [3.8, 4) is 0 Å². The summed E-state index contributed by atoms with van der Waals surface area (Å²) in [5.41, 5.74) is 0. The first kappa shape index (κ1) is 11.7. The van der Waals surface area contributed by atoms with Crippen LogP contribution in [0.4, 0.5) is 0 Å². The van der Waals surface area contributed by atoms with Crippen molar-refractivity contribution in [1.82, 2.24) is 10.2 Å². The lowest BCUT2D eigenvalue weighted by molar-refractivity contribution is -0.129. The van der Waals surface area contributed by atoms with Gasteiger partial charge in [0.1, 0.15) is 0 Å². The van der Waals surface area contributed by atoms with E-state index in [1.165, 1.54) is 6.26 Å². The molecule has 92 valence electrons. The third-order valence-electron chi connectivity index (χ3n) is 2.86. The van der Waals surface area contributed by atoms with E-state index < -0.39 is 0 Å². The van der Waals surface area contributed by atoms with Crippen LogP contribution in [0.25, 0.3) is 0 Å². The fraction of sp³-hybridized carbons (Fsp3) is 0.500. The standard InChI is InChI=1S/C12H16N2O3/c1-8(2)14-7-9(6-11(14)15)13-12(16)10-4-3-5-17-10/h3-5,8-9H,6-7H2,1-2H3,(H,13,16). The maximum absolute atomic E-state index is 11.7. The molecule has 17 heavy (non-hydrogen) atoms. The largest absolute Gasteiger partial charge is 0.459 e. The topological polar surface area (TPSA) is 62.6 Å². The molecule has 0 radical (unpaired) electrons. The van der Waals surface area contributed by atoms with Gasteiger partial charge in [0.05, 0.1) is 12.3 Å². The van der Waals surface area contributed by atoms with E-state index in [2.05, 4.69) is 5.32 Å². The molecule has 1 N–H and O–H groups in total. The van der Waals surface area contributed by atoms with Crippen molar-refractivity contribution in [3.63, 3.8) is 0 Å². The zero-order valence-corrected chi connectivity index (χ0v) is 9.97. The average molecular weight is 236 g/mol. The highest BCUT2D eigenvalue weighted by molar-refractivity contribution is 5.92. The molecule has 1 aliphatic rings. The van der Waals surface area contributed by atoms with Crippen LogP contribution in [0.15, 0.2) is 22.8 Å². The molecule has 5 heteroatoms. The Kier molecular flexibility index (Phi) is 3.17. The molecule has 1 aromatic rings. The van der Waals surface area contributed by atoms with Gasteiger partial charge in [0.2, 0.25) is 5.91 Å². The lowest BCUT2D eigenvalue weighted by Crippen LogP contribution is -2.38. The number of amides is 2. The van der Waals surface area contributed by atoms with Gasteiger partial charge in [-0.3, -0.25) is 9.59 Å². The summed E-state index contributed by atoms with van der Waals surface area (Å²) >= 11 is 0. The van der Waals surface area contributed by atoms with Crippen molar-refractivity contribution < 1.29 is 14.0 Å². The first-order valence-electron chi connectivity index (χ1n) is 5.71. The van der Waals surface area contributed by atoms with Gasteiger partial charge >= 0.3 is 0 Å². The van der Waals surface area contributed by atoms with Gasteiger partial charge < -0.3 is 14.6 Å². The number of rotatable bonds is 3. The van der Waals surface area contributed by atoms with Gasteiger partial charge in [-0.15, -0.1) is 0 Å². The highest BCUT2D eigenvalue weighted by atomic mass is 16.3. The molecule has 5 nitrogen and oxygen atoms in total. The van der Waals surface area contributed by atoms with E-state index in [4.69, 9.17) is 4.42 Å². The fourth-order valence-corrected chi connectivity index (χ4v) is 1.99. The molecule has 0 aliphatic carbocycles. The Morgan fingerprint density at radius 1 is 1.59 bits per heavy atom. The SMILES string of the molecule is CC(C)N1CC(NC(=O)c2ccco2)CC1=O. The van der Waals surface area contributed by atoms with Crippen LogP contribution in [-0.4, -0.2) is 35.3 Å². The summed E-state index contributed by atoms with van der Waals surface area (Å²) in [5, 5.41) is 2.80. The predicted octanol–water partition coefficient (Wildman–Crippen LogP) is 1.02. The average Bonchev–Trinajstić information content (AvgIpc) is 2.86. The maximum atomic E-state index is 11.7. The molecule has 1 aromatic heterocycles. The minimum atomic E-state index is -0.265. The highest BCUT2D eigenvalue weighted by Crippen LogP contribution is 2.14. The molecule has 2 amide bonds. The van der Waals surface area contributed by atoms with Crippen LogP contribution < -0.4 is 5.32 Å². The van der Waals surface area contributed by atoms with Crippen molar-refractivity contribution in [2.24, 2.45) is 0 Å². The van der Waals surface area contributed by atoms with Gasteiger partial charge in [-0.1, -0.05) is 0 Å². The zero-order valence-electron chi connectivity index (χ0n) is 9.97.